The van der Waals surface area contributed by atoms with Crippen molar-refractivity contribution in [2.75, 3.05) is 13.6 Å². The van der Waals surface area contributed by atoms with E-state index in [-0.39, 0.29) is 17.9 Å². The van der Waals surface area contributed by atoms with E-state index in [0.717, 1.165) is 5.56 Å². The second-order valence-electron chi connectivity index (χ2n) is 5.92. The quantitative estimate of drug-likeness (QED) is 0.917. The molecular formula is C19H20N2O3. The summed E-state index contributed by atoms with van der Waals surface area (Å²) < 4.78 is 5.81. The fourth-order valence-corrected chi connectivity index (χ4v) is 2.74. The predicted molar refractivity (Wildman–Crippen MR) is 90.7 cm³/mol. The van der Waals surface area contributed by atoms with Gasteiger partial charge < -0.3 is 15.0 Å². The van der Waals surface area contributed by atoms with Crippen molar-refractivity contribution in [3.05, 3.63) is 65.7 Å². The highest BCUT2D eigenvalue weighted by atomic mass is 16.5. The predicted octanol–water partition coefficient (Wildman–Crippen LogP) is 2.23. The smallest absolute Gasteiger partial charge is 0.255 e. The number of ether oxygens (including phenoxy) is 1. The minimum absolute atomic E-state index is 0.0499. The molecular weight excluding hydrogens is 304 g/mol. The maximum Gasteiger partial charge on any atom is 0.255 e. The van der Waals surface area contributed by atoms with Crippen molar-refractivity contribution in [3.63, 3.8) is 0 Å². The topological polar surface area (TPSA) is 58.6 Å². The van der Waals surface area contributed by atoms with Crippen LogP contribution in [0.1, 0.15) is 22.3 Å². The zero-order chi connectivity index (χ0) is 16.9. The Morgan fingerprint density at radius 3 is 2.58 bits per heavy atom. The van der Waals surface area contributed by atoms with E-state index in [4.69, 9.17) is 4.74 Å². The van der Waals surface area contributed by atoms with Crippen molar-refractivity contribution in [2.45, 2.75) is 19.1 Å². The van der Waals surface area contributed by atoms with E-state index in [1.807, 2.05) is 36.4 Å². The third-order valence-corrected chi connectivity index (χ3v) is 4.05. The van der Waals surface area contributed by atoms with Gasteiger partial charge in [0.2, 0.25) is 5.91 Å². The minimum Gasteiger partial charge on any atom is -0.488 e. The monoisotopic (exact) mass is 324 g/mol. The van der Waals surface area contributed by atoms with Crippen molar-refractivity contribution in [3.8, 4) is 5.75 Å². The molecule has 0 spiro atoms. The first-order valence-electron chi connectivity index (χ1n) is 7.94. The lowest BCUT2D eigenvalue weighted by Gasteiger charge is -2.15. The molecule has 24 heavy (non-hydrogen) atoms. The van der Waals surface area contributed by atoms with Crippen LogP contribution >= 0.6 is 0 Å². The van der Waals surface area contributed by atoms with Gasteiger partial charge >= 0.3 is 0 Å². The van der Waals surface area contributed by atoms with Gasteiger partial charge in [0, 0.05) is 20.0 Å². The van der Waals surface area contributed by atoms with Crippen molar-refractivity contribution in [1.29, 1.82) is 0 Å². The van der Waals surface area contributed by atoms with Crippen LogP contribution in [0.5, 0.6) is 5.75 Å². The van der Waals surface area contributed by atoms with E-state index in [0.29, 0.717) is 30.9 Å². The van der Waals surface area contributed by atoms with Crippen LogP contribution in [0, 0.1) is 0 Å². The molecule has 124 valence electrons. The summed E-state index contributed by atoms with van der Waals surface area (Å²) in [7, 11) is 1.74. The van der Waals surface area contributed by atoms with E-state index in [2.05, 4.69) is 5.32 Å². The summed E-state index contributed by atoms with van der Waals surface area (Å²) in [6, 6.07) is 16.8. The lowest BCUT2D eigenvalue weighted by atomic mass is 10.1. The molecule has 5 nitrogen and oxygen atoms in total. The number of carbonyl (C=O) groups excluding carboxylic acids is 2. The van der Waals surface area contributed by atoms with Crippen LogP contribution in [0.2, 0.25) is 0 Å². The van der Waals surface area contributed by atoms with Crippen LogP contribution in [0.4, 0.5) is 0 Å². The number of para-hydroxylation sites is 1. The number of likely N-dealkylation sites (tertiary alicyclic amines) is 1. The Hall–Kier alpha value is -2.82. The molecule has 1 atom stereocenters. The summed E-state index contributed by atoms with van der Waals surface area (Å²) in [5.41, 5.74) is 1.52. The zero-order valence-corrected chi connectivity index (χ0v) is 13.6. The Morgan fingerprint density at radius 1 is 1.17 bits per heavy atom. The fraction of sp³-hybridized carbons (Fsp3) is 0.263. The molecule has 5 heteroatoms. The van der Waals surface area contributed by atoms with Gasteiger partial charge in [-0.2, -0.15) is 0 Å². The fourth-order valence-electron chi connectivity index (χ4n) is 2.74. The molecule has 0 radical (unpaired) electrons. The molecule has 0 aromatic heterocycles. The molecule has 1 aliphatic heterocycles. The number of carbonyl (C=O) groups is 2. The number of hydrogen-bond acceptors (Lipinski definition) is 3. The van der Waals surface area contributed by atoms with E-state index in [1.165, 1.54) is 0 Å². The number of amides is 2. The third-order valence-electron chi connectivity index (χ3n) is 4.05. The van der Waals surface area contributed by atoms with Gasteiger partial charge in [-0.3, -0.25) is 9.59 Å². The van der Waals surface area contributed by atoms with Crippen LogP contribution in [0.15, 0.2) is 54.6 Å². The van der Waals surface area contributed by atoms with Crippen LogP contribution in [-0.2, 0) is 11.4 Å². The summed E-state index contributed by atoms with van der Waals surface area (Å²) >= 11 is 0. The molecule has 0 aliphatic carbocycles. The molecule has 2 aromatic carbocycles. The van der Waals surface area contributed by atoms with Gasteiger partial charge in [0.15, 0.2) is 0 Å². The molecule has 0 unspecified atom stereocenters. The molecule has 0 saturated carbocycles. The zero-order valence-electron chi connectivity index (χ0n) is 13.6. The Labute approximate surface area is 141 Å². The number of rotatable bonds is 5. The molecule has 3 rings (SSSR count). The molecule has 1 aliphatic rings. The number of hydrogen-bond donors (Lipinski definition) is 1. The van der Waals surface area contributed by atoms with Crippen LogP contribution < -0.4 is 10.1 Å². The number of nitrogens with zero attached hydrogens (tertiary/aromatic N) is 1. The van der Waals surface area contributed by atoms with Gasteiger partial charge in [-0.05, 0) is 17.7 Å². The summed E-state index contributed by atoms with van der Waals surface area (Å²) in [4.78, 5) is 25.7. The van der Waals surface area contributed by atoms with Gasteiger partial charge in [-0.15, -0.1) is 0 Å². The normalized spacial score (nSPS) is 17.0. The second-order valence-corrected chi connectivity index (χ2v) is 5.92. The molecule has 1 N–H and O–H groups in total. The standard InChI is InChI=1S/C19H20N2O3/c1-21-12-15(11-18(21)22)20-19(23)16-9-5-6-10-17(16)24-13-14-7-3-2-4-8-14/h2-10,15H,11-13H2,1H3,(H,20,23)/t15-/m1/s1. The van der Waals surface area contributed by atoms with Crippen LogP contribution in [0.25, 0.3) is 0 Å². The highest BCUT2D eigenvalue weighted by Gasteiger charge is 2.28. The summed E-state index contributed by atoms with van der Waals surface area (Å²) in [5, 5.41) is 2.91. The third kappa shape index (κ3) is 3.74. The van der Waals surface area contributed by atoms with Gasteiger partial charge in [0.05, 0.1) is 11.6 Å². The first-order chi connectivity index (χ1) is 11.6. The van der Waals surface area contributed by atoms with E-state index < -0.39 is 0 Å². The molecule has 2 aromatic rings. The Kier molecular flexibility index (Phi) is 4.79. The first kappa shape index (κ1) is 16.1. The molecule has 1 heterocycles. The van der Waals surface area contributed by atoms with Crippen LogP contribution in [-0.4, -0.2) is 36.3 Å². The van der Waals surface area contributed by atoms with Crippen molar-refractivity contribution in [2.24, 2.45) is 0 Å². The van der Waals surface area contributed by atoms with Crippen molar-refractivity contribution < 1.29 is 14.3 Å². The molecule has 1 fully saturated rings. The lowest BCUT2D eigenvalue weighted by molar-refractivity contribution is -0.126. The van der Waals surface area contributed by atoms with Gasteiger partial charge in [0.25, 0.3) is 5.91 Å². The Bertz CT molecular complexity index is 730. The highest BCUT2D eigenvalue weighted by molar-refractivity contribution is 5.97. The number of benzene rings is 2. The molecule has 2 amide bonds. The Balaban J connectivity index is 1.67. The minimum atomic E-state index is -0.216. The first-order valence-corrected chi connectivity index (χ1v) is 7.94. The van der Waals surface area contributed by atoms with Gasteiger partial charge in [-0.1, -0.05) is 42.5 Å². The maximum absolute atomic E-state index is 12.5. The average molecular weight is 324 g/mol. The lowest BCUT2D eigenvalue weighted by Crippen LogP contribution is -2.36. The van der Waals surface area contributed by atoms with Crippen LogP contribution in [0.3, 0.4) is 0 Å². The molecule has 1 saturated heterocycles. The van der Waals surface area contributed by atoms with E-state index in [1.54, 1.807) is 30.1 Å². The highest BCUT2D eigenvalue weighted by Crippen LogP contribution is 2.20. The maximum atomic E-state index is 12.5. The number of nitrogens with one attached hydrogen (secondary N) is 1. The average Bonchev–Trinajstić information content (AvgIpc) is 2.91. The van der Waals surface area contributed by atoms with E-state index in [9.17, 15) is 9.59 Å². The van der Waals surface area contributed by atoms with Gasteiger partial charge in [-0.25, -0.2) is 0 Å². The largest absolute Gasteiger partial charge is 0.488 e. The Morgan fingerprint density at radius 2 is 1.88 bits per heavy atom. The van der Waals surface area contributed by atoms with Crippen molar-refractivity contribution in [1.82, 2.24) is 10.2 Å². The second kappa shape index (κ2) is 7.17. The SMILES string of the molecule is CN1C[C@H](NC(=O)c2ccccc2OCc2ccccc2)CC1=O. The number of likely N-dealkylation sites (N-methyl/N-ethyl adjacent to an activating group) is 1. The van der Waals surface area contributed by atoms with E-state index >= 15 is 0 Å². The summed E-state index contributed by atoms with van der Waals surface area (Å²) in [6.07, 6.45) is 0.343. The van der Waals surface area contributed by atoms with Crippen molar-refractivity contribution >= 4 is 11.8 Å². The summed E-state index contributed by atoms with van der Waals surface area (Å²) in [5.74, 6) is 0.372. The van der Waals surface area contributed by atoms with Gasteiger partial charge in [0.1, 0.15) is 12.4 Å². The summed E-state index contributed by atoms with van der Waals surface area (Å²) in [6.45, 7) is 0.938. The molecule has 0 bridgehead atoms.